The first-order valence-corrected chi connectivity index (χ1v) is 4.44. The van der Waals surface area contributed by atoms with Crippen molar-refractivity contribution in [1.82, 2.24) is 0 Å². The summed E-state index contributed by atoms with van der Waals surface area (Å²) in [5, 5.41) is 9.04. The SMILES string of the molecule is CCCC([C]=O)c1ccc(O)cc1. The lowest BCUT2D eigenvalue weighted by Crippen LogP contribution is -1.98. The van der Waals surface area contributed by atoms with Crippen LogP contribution in [-0.2, 0) is 4.79 Å². The molecule has 1 unspecified atom stereocenters. The molecule has 1 N–H and O–H groups in total. The highest BCUT2D eigenvalue weighted by atomic mass is 16.3. The van der Waals surface area contributed by atoms with E-state index in [-0.39, 0.29) is 11.7 Å². The molecule has 1 radical (unpaired) electrons. The summed E-state index contributed by atoms with van der Waals surface area (Å²) < 4.78 is 0. The first kappa shape index (κ1) is 9.78. The van der Waals surface area contributed by atoms with Crippen LogP contribution in [-0.4, -0.2) is 11.4 Å². The first-order chi connectivity index (χ1) is 6.27. The minimum absolute atomic E-state index is 0.148. The molecule has 0 fully saturated rings. The first-order valence-electron chi connectivity index (χ1n) is 4.44. The molecule has 0 aliphatic heterocycles. The Labute approximate surface area is 78.2 Å². The number of phenolic OH excluding ortho intramolecular Hbond substituents is 1. The van der Waals surface area contributed by atoms with E-state index in [1.165, 1.54) is 0 Å². The lowest BCUT2D eigenvalue weighted by molar-refractivity contribution is 0.474. The Hall–Kier alpha value is -1.31. The molecule has 1 aromatic carbocycles. The predicted octanol–water partition coefficient (Wildman–Crippen LogP) is 2.39. The molecule has 0 aliphatic rings. The summed E-state index contributed by atoms with van der Waals surface area (Å²) in [5.41, 5.74) is 0.926. The van der Waals surface area contributed by atoms with Crippen LogP contribution in [0.25, 0.3) is 0 Å². The average molecular weight is 177 g/mol. The number of aromatic hydroxyl groups is 1. The topological polar surface area (TPSA) is 37.3 Å². The molecule has 0 aliphatic carbocycles. The van der Waals surface area contributed by atoms with Gasteiger partial charge in [0.2, 0.25) is 6.29 Å². The van der Waals surface area contributed by atoms with Crippen LogP contribution < -0.4 is 0 Å². The molecule has 1 atom stereocenters. The van der Waals surface area contributed by atoms with Gasteiger partial charge in [0.15, 0.2) is 0 Å². The fourth-order valence-electron chi connectivity index (χ4n) is 1.29. The van der Waals surface area contributed by atoms with Gasteiger partial charge < -0.3 is 5.11 Å². The van der Waals surface area contributed by atoms with E-state index in [1.54, 1.807) is 24.3 Å². The highest BCUT2D eigenvalue weighted by Crippen LogP contribution is 2.20. The van der Waals surface area contributed by atoms with Crippen LogP contribution in [0.15, 0.2) is 24.3 Å². The van der Waals surface area contributed by atoms with Crippen molar-refractivity contribution in [3.05, 3.63) is 29.8 Å². The Balaban J connectivity index is 2.79. The zero-order chi connectivity index (χ0) is 9.68. The summed E-state index contributed by atoms with van der Waals surface area (Å²) in [6.07, 6.45) is 3.78. The van der Waals surface area contributed by atoms with Gasteiger partial charge in [0.25, 0.3) is 0 Å². The van der Waals surface area contributed by atoms with Crippen LogP contribution in [0.2, 0.25) is 0 Å². The van der Waals surface area contributed by atoms with Crippen LogP contribution in [0.5, 0.6) is 5.75 Å². The second-order valence-electron chi connectivity index (χ2n) is 3.05. The van der Waals surface area contributed by atoms with E-state index in [0.717, 1.165) is 18.4 Å². The number of phenols is 1. The van der Waals surface area contributed by atoms with Crippen LogP contribution in [0, 0.1) is 0 Å². The molecular formula is C11H13O2. The minimum atomic E-state index is -0.148. The third-order valence-corrected chi connectivity index (χ3v) is 2.02. The molecule has 13 heavy (non-hydrogen) atoms. The van der Waals surface area contributed by atoms with Crippen molar-refractivity contribution >= 4 is 6.29 Å². The molecule has 1 aromatic rings. The molecule has 69 valence electrons. The van der Waals surface area contributed by atoms with E-state index < -0.39 is 0 Å². The molecule has 0 spiro atoms. The maximum Gasteiger partial charge on any atom is 0.206 e. The molecule has 0 saturated carbocycles. The molecule has 1 rings (SSSR count). The van der Waals surface area contributed by atoms with Crippen molar-refractivity contribution in [3.63, 3.8) is 0 Å². The molecule has 0 heterocycles. The van der Waals surface area contributed by atoms with E-state index >= 15 is 0 Å². The highest BCUT2D eigenvalue weighted by molar-refractivity contribution is 5.62. The molecular weight excluding hydrogens is 164 g/mol. The zero-order valence-electron chi connectivity index (χ0n) is 7.66. The Morgan fingerprint density at radius 3 is 2.46 bits per heavy atom. The van der Waals surface area contributed by atoms with Gasteiger partial charge in [0.1, 0.15) is 5.75 Å². The molecule has 0 saturated heterocycles. The van der Waals surface area contributed by atoms with Gasteiger partial charge in [-0.1, -0.05) is 25.5 Å². The normalized spacial score (nSPS) is 12.4. The predicted molar refractivity (Wildman–Crippen MR) is 51.4 cm³/mol. The largest absolute Gasteiger partial charge is 0.508 e. The lowest BCUT2D eigenvalue weighted by Gasteiger charge is -2.07. The van der Waals surface area contributed by atoms with Gasteiger partial charge in [-0.05, 0) is 24.1 Å². The van der Waals surface area contributed by atoms with Gasteiger partial charge in [-0.25, -0.2) is 0 Å². The summed E-state index contributed by atoms with van der Waals surface area (Å²) in [5.74, 6) is 0.0792. The smallest absolute Gasteiger partial charge is 0.206 e. The number of hydrogen-bond donors (Lipinski definition) is 1. The van der Waals surface area contributed by atoms with Crippen LogP contribution in [0.1, 0.15) is 31.2 Å². The number of benzene rings is 1. The van der Waals surface area contributed by atoms with Crippen molar-refractivity contribution in [1.29, 1.82) is 0 Å². The summed E-state index contributed by atoms with van der Waals surface area (Å²) in [6.45, 7) is 2.03. The Morgan fingerprint density at radius 1 is 1.38 bits per heavy atom. The second kappa shape index (κ2) is 4.65. The summed E-state index contributed by atoms with van der Waals surface area (Å²) in [4.78, 5) is 10.6. The van der Waals surface area contributed by atoms with Crippen LogP contribution >= 0.6 is 0 Å². The summed E-state index contributed by atoms with van der Waals surface area (Å²) in [7, 11) is 0. The molecule has 0 amide bonds. The molecule has 0 bridgehead atoms. The van der Waals surface area contributed by atoms with E-state index in [2.05, 4.69) is 0 Å². The summed E-state index contributed by atoms with van der Waals surface area (Å²) >= 11 is 0. The van der Waals surface area contributed by atoms with E-state index in [9.17, 15) is 4.79 Å². The van der Waals surface area contributed by atoms with Gasteiger partial charge >= 0.3 is 0 Å². The second-order valence-corrected chi connectivity index (χ2v) is 3.05. The van der Waals surface area contributed by atoms with Gasteiger partial charge in [-0.3, -0.25) is 4.79 Å². The average Bonchev–Trinajstić information content (AvgIpc) is 2.16. The summed E-state index contributed by atoms with van der Waals surface area (Å²) in [6, 6.07) is 6.71. The maximum atomic E-state index is 10.6. The fraction of sp³-hybridized carbons (Fsp3) is 0.364. The third kappa shape index (κ3) is 2.58. The third-order valence-electron chi connectivity index (χ3n) is 2.02. The maximum absolute atomic E-state index is 10.6. The van der Waals surface area contributed by atoms with Crippen molar-refractivity contribution < 1.29 is 9.90 Å². The Kier molecular flexibility index (Phi) is 3.50. The molecule has 2 heteroatoms. The fourth-order valence-corrected chi connectivity index (χ4v) is 1.29. The highest BCUT2D eigenvalue weighted by Gasteiger charge is 2.09. The van der Waals surface area contributed by atoms with Crippen LogP contribution in [0.3, 0.4) is 0 Å². The van der Waals surface area contributed by atoms with Gasteiger partial charge in [0.05, 0.1) is 5.92 Å². The van der Waals surface area contributed by atoms with Crippen molar-refractivity contribution in [2.24, 2.45) is 0 Å². The zero-order valence-corrected chi connectivity index (χ0v) is 7.66. The van der Waals surface area contributed by atoms with Crippen molar-refractivity contribution in [2.45, 2.75) is 25.7 Å². The van der Waals surface area contributed by atoms with E-state index in [4.69, 9.17) is 5.11 Å². The lowest BCUT2D eigenvalue weighted by atomic mass is 9.96. The van der Waals surface area contributed by atoms with Crippen LogP contribution in [0.4, 0.5) is 0 Å². The Morgan fingerprint density at radius 2 is 2.00 bits per heavy atom. The molecule has 0 aromatic heterocycles. The van der Waals surface area contributed by atoms with Gasteiger partial charge in [0, 0.05) is 0 Å². The monoisotopic (exact) mass is 177 g/mol. The van der Waals surface area contributed by atoms with Crippen molar-refractivity contribution in [2.75, 3.05) is 0 Å². The van der Waals surface area contributed by atoms with E-state index in [0.29, 0.717) is 0 Å². The number of rotatable bonds is 4. The van der Waals surface area contributed by atoms with E-state index in [1.807, 2.05) is 13.2 Å². The number of carbonyl (C=O) groups excluding carboxylic acids is 1. The number of hydrogen-bond acceptors (Lipinski definition) is 2. The van der Waals surface area contributed by atoms with Gasteiger partial charge in [-0.2, -0.15) is 0 Å². The minimum Gasteiger partial charge on any atom is -0.508 e. The Bertz CT molecular complexity index is 264. The molecule has 2 nitrogen and oxygen atoms in total. The quantitative estimate of drug-likeness (QED) is 0.766. The van der Waals surface area contributed by atoms with Crippen molar-refractivity contribution in [3.8, 4) is 5.75 Å². The van der Waals surface area contributed by atoms with Gasteiger partial charge in [-0.15, -0.1) is 0 Å². The standard InChI is InChI=1S/C11H13O2/c1-2-3-10(8-12)9-4-6-11(13)7-5-9/h4-7,10,13H,2-3H2,1H3.